The molecule has 0 amide bonds. The first-order chi connectivity index (χ1) is 31.3. The zero-order chi connectivity index (χ0) is 45.4. The molecule has 13 nitrogen and oxygen atoms in total. The zero-order valence-electron chi connectivity index (χ0n) is 35.8. The molecule has 0 spiro atoms. The topological polar surface area (TPSA) is 152 Å². The summed E-state index contributed by atoms with van der Waals surface area (Å²) in [4.78, 5) is 53.8. The van der Waals surface area contributed by atoms with E-state index in [-0.39, 0.29) is 11.5 Å². The fraction of sp³-hybridized carbons (Fsp3) is 0.280. The molecule has 5 rings (SSSR count). The molecule has 0 atom stereocenters. The van der Waals surface area contributed by atoms with Crippen molar-refractivity contribution >= 4 is 56.8 Å². The predicted octanol–water partition coefficient (Wildman–Crippen LogP) is 10.5. The maximum absolute atomic E-state index is 13.5. The molecule has 0 aliphatic heterocycles. The SMILES string of the molecule is C=CCCN(/N=C\c1cc(OC(=O)c2ccc(OCCCCCCOC(=O)C=C)cc2)ccc1OC(=O)c1ccc(OCCCCCCOC(=O)C=C)cc1)c1nc2ccccc2s1. The van der Waals surface area contributed by atoms with E-state index in [1.165, 1.54) is 11.3 Å². The van der Waals surface area contributed by atoms with Crippen molar-refractivity contribution in [2.45, 2.75) is 57.8 Å². The Morgan fingerprint density at radius 3 is 1.70 bits per heavy atom. The monoisotopic (exact) mass is 887 g/mol. The normalized spacial score (nSPS) is 10.8. The van der Waals surface area contributed by atoms with E-state index in [9.17, 15) is 19.2 Å². The third-order valence-electron chi connectivity index (χ3n) is 9.40. The first-order valence-electron chi connectivity index (χ1n) is 21.2. The molecular weight excluding hydrogens is 835 g/mol. The molecule has 0 radical (unpaired) electrons. The molecule has 4 aromatic carbocycles. The Morgan fingerprint density at radius 1 is 0.625 bits per heavy atom. The van der Waals surface area contributed by atoms with Gasteiger partial charge in [-0.1, -0.05) is 42.7 Å². The molecular formula is C50H53N3O10S. The number of anilines is 1. The highest BCUT2D eigenvalue weighted by Crippen LogP contribution is 2.30. The third kappa shape index (κ3) is 16.0. The highest BCUT2D eigenvalue weighted by atomic mass is 32.1. The van der Waals surface area contributed by atoms with Gasteiger partial charge in [0, 0.05) is 24.3 Å². The summed E-state index contributed by atoms with van der Waals surface area (Å²) >= 11 is 1.50. The fourth-order valence-corrected chi connectivity index (χ4v) is 6.91. The van der Waals surface area contributed by atoms with Crippen LogP contribution in [0.3, 0.4) is 0 Å². The number of esters is 4. The Hall–Kier alpha value is -7.06. The van der Waals surface area contributed by atoms with Crippen LogP contribution in [-0.4, -0.2) is 68.0 Å². The lowest BCUT2D eigenvalue weighted by atomic mass is 10.2. The van der Waals surface area contributed by atoms with Crippen molar-refractivity contribution in [2.24, 2.45) is 5.10 Å². The number of rotatable bonds is 28. The molecule has 5 aromatic rings. The number of ether oxygens (including phenoxy) is 6. The second-order valence-corrected chi connectivity index (χ2v) is 15.2. The highest BCUT2D eigenvalue weighted by Gasteiger charge is 2.17. The van der Waals surface area contributed by atoms with Crippen molar-refractivity contribution in [3.63, 3.8) is 0 Å². The predicted molar refractivity (Wildman–Crippen MR) is 249 cm³/mol. The number of fused-ring (bicyclic) bond motifs is 1. The van der Waals surface area contributed by atoms with Crippen molar-refractivity contribution in [3.05, 3.63) is 146 Å². The Kier molecular flexibility index (Phi) is 19.8. The first kappa shape index (κ1) is 48.0. The Bertz CT molecular complexity index is 2320. The molecule has 0 saturated carbocycles. The van der Waals surface area contributed by atoms with Gasteiger partial charge in [0.05, 0.1) is 54.0 Å². The molecule has 64 heavy (non-hydrogen) atoms. The van der Waals surface area contributed by atoms with Gasteiger partial charge in [0.1, 0.15) is 23.0 Å². The van der Waals surface area contributed by atoms with E-state index in [1.807, 2.05) is 24.3 Å². The van der Waals surface area contributed by atoms with E-state index in [2.05, 4.69) is 19.7 Å². The van der Waals surface area contributed by atoms with Gasteiger partial charge in [-0.3, -0.25) is 0 Å². The molecule has 14 heteroatoms. The molecule has 0 aliphatic carbocycles. The largest absolute Gasteiger partial charge is 0.494 e. The van der Waals surface area contributed by atoms with E-state index in [1.54, 1.807) is 84.0 Å². The van der Waals surface area contributed by atoms with Gasteiger partial charge >= 0.3 is 23.9 Å². The average Bonchev–Trinajstić information content (AvgIpc) is 3.76. The molecule has 1 aromatic heterocycles. The summed E-state index contributed by atoms with van der Waals surface area (Å²) < 4.78 is 34.4. The van der Waals surface area contributed by atoms with Crippen LogP contribution in [0, 0.1) is 0 Å². The summed E-state index contributed by atoms with van der Waals surface area (Å²) in [5.41, 5.74) is 1.84. The van der Waals surface area contributed by atoms with Crippen LogP contribution in [0.4, 0.5) is 5.13 Å². The minimum atomic E-state index is -0.605. The van der Waals surface area contributed by atoms with Gasteiger partial charge in [-0.2, -0.15) is 5.10 Å². The van der Waals surface area contributed by atoms with Crippen molar-refractivity contribution < 1.29 is 47.6 Å². The van der Waals surface area contributed by atoms with Crippen LogP contribution in [-0.2, 0) is 19.1 Å². The number of nitrogens with zero attached hydrogens (tertiary/aromatic N) is 3. The number of hydrogen-bond donors (Lipinski definition) is 0. The van der Waals surface area contributed by atoms with E-state index in [4.69, 9.17) is 38.5 Å². The fourth-order valence-electron chi connectivity index (χ4n) is 5.96. The summed E-state index contributed by atoms with van der Waals surface area (Å²) in [6.07, 6.45) is 13.1. The van der Waals surface area contributed by atoms with Crippen LogP contribution in [0.25, 0.3) is 10.2 Å². The summed E-state index contributed by atoms with van der Waals surface area (Å²) in [7, 11) is 0. The Labute approximate surface area is 377 Å². The molecule has 0 N–H and O–H groups in total. The summed E-state index contributed by atoms with van der Waals surface area (Å²) in [5.74, 6) is -0.399. The number of thiazole rings is 1. The summed E-state index contributed by atoms with van der Waals surface area (Å²) in [6, 6.07) is 25.9. The number of aromatic nitrogens is 1. The number of unbranched alkanes of at least 4 members (excludes halogenated alkanes) is 6. The van der Waals surface area contributed by atoms with Gasteiger partial charge in [-0.25, -0.2) is 29.2 Å². The highest BCUT2D eigenvalue weighted by molar-refractivity contribution is 7.22. The second-order valence-electron chi connectivity index (χ2n) is 14.2. The minimum absolute atomic E-state index is 0.193. The van der Waals surface area contributed by atoms with E-state index in [0.717, 1.165) is 73.7 Å². The lowest BCUT2D eigenvalue weighted by molar-refractivity contribution is -0.138. The quantitative estimate of drug-likeness (QED) is 0.00894. The maximum atomic E-state index is 13.5. The lowest BCUT2D eigenvalue weighted by Gasteiger charge is -2.15. The van der Waals surface area contributed by atoms with Gasteiger partial charge in [-0.05, 0) is 137 Å². The van der Waals surface area contributed by atoms with Crippen LogP contribution < -0.4 is 24.0 Å². The molecule has 1 heterocycles. The Balaban J connectivity index is 1.22. The standard InChI is InChI=1S/C50H53N3O10S/c1-4-7-30-53(50-52-43-18-12-13-19-45(43)64-50)51-36-39-35-42(62-48(56)37-20-24-40(25-21-37)58-31-14-8-10-16-33-60-46(54)5-2)28-29-44(39)63-49(57)38-22-26-41(27-23-38)59-32-15-9-11-17-34-61-47(55)6-3/h4-6,12-13,18-29,35-36H,1-3,7-11,14-17,30-34H2/b51-36-. The van der Waals surface area contributed by atoms with Crippen LogP contribution >= 0.6 is 11.3 Å². The first-order valence-corrected chi connectivity index (χ1v) is 22.0. The molecule has 0 bridgehead atoms. The van der Waals surface area contributed by atoms with Crippen LogP contribution in [0.5, 0.6) is 23.0 Å². The van der Waals surface area contributed by atoms with E-state index in [0.29, 0.717) is 72.7 Å². The van der Waals surface area contributed by atoms with Gasteiger partial charge < -0.3 is 28.4 Å². The van der Waals surface area contributed by atoms with E-state index >= 15 is 0 Å². The summed E-state index contributed by atoms with van der Waals surface area (Å²) in [6.45, 7) is 12.9. The molecule has 0 aliphatic rings. The molecule has 0 unspecified atom stereocenters. The molecule has 0 fully saturated rings. The lowest BCUT2D eigenvalue weighted by Crippen LogP contribution is -2.17. The van der Waals surface area contributed by atoms with Crippen molar-refractivity contribution in [2.75, 3.05) is 38.0 Å². The van der Waals surface area contributed by atoms with Gasteiger partial charge in [-0.15, -0.1) is 6.58 Å². The number of carbonyl (C=O) groups is 4. The minimum Gasteiger partial charge on any atom is -0.494 e. The zero-order valence-corrected chi connectivity index (χ0v) is 36.6. The third-order valence-corrected chi connectivity index (χ3v) is 10.4. The Morgan fingerprint density at radius 2 is 1.16 bits per heavy atom. The molecule has 334 valence electrons. The van der Waals surface area contributed by atoms with Gasteiger partial charge in [0.25, 0.3) is 0 Å². The van der Waals surface area contributed by atoms with Crippen molar-refractivity contribution in [1.82, 2.24) is 4.98 Å². The summed E-state index contributed by atoms with van der Waals surface area (Å²) in [5, 5.41) is 7.19. The van der Waals surface area contributed by atoms with Gasteiger partial charge in [0.15, 0.2) is 0 Å². The second kappa shape index (κ2) is 26.4. The molecule has 0 saturated heterocycles. The van der Waals surface area contributed by atoms with E-state index < -0.39 is 23.9 Å². The smallest absolute Gasteiger partial charge is 0.343 e. The number of hydrazone groups is 1. The number of para-hydroxylation sites is 1. The van der Waals surface area contributed by atoms with Crippen molar-refractivity contribution in [1.29, 1.82) is 0 Å². The van der Waals surface area contributed by atoms with Crippen molar-refractivity contribution in [3.8, 4) is 23.0 Å². The number of carbonyl (C=O) groups excluding carboxylic acids is 4. The van der Waals surface area contributed by atoms with Crippen LogP contribution in [0.15, 0.2) is 134 Å². The van der Waals surface area contributed by atoms with Crippen LogP contribution in [0.1, 0.15) is 84.1 Å². The number of hydrogen-bond acceptors (Lipinski definition) is 14. The maximum Gasteiger partial charge on any atom is 0.343 e. The van der Waals surface area contributed by atoms with Crippen LogP contribution in [0.2, 0.25) is 0 Å². The number of benzene rings is 4. The van der Waals surface area contributed by atoms with Gasteiger partial charge in [0.2, 0.25) is 5.13 Å². The average molecular weight is 888 g/mol.